The Hall–Kier alpha value is -1.39. The Morgan fingerprint density at radius 1 is 1.39 bits per heavy atom. The minimum atomic E-state index is -0.0987. The van der Waals surface area contributed by atoms with Crippen molar-refractivity contribution in [2.45, 2.75) is 19.4 Å². The molecule has 0 saturated carbocycles. The van der Waals surface area contributed by atoms with Crippen LogP contribution in [0, 0.1) is 6.92 Å². The van der Waals surface area contributed by atoms with E-state index in [1.165, 1.54) is 5.56 Å². The number of aliphatic hydroxyl groups excluding tert-OH is 1. The molecule has 0 bridgehead atoms. The van der Waals surface area contributed by atoms with Gasteiger partial charge in [0.15, 0.2) is 0 Å². The number of likely N-dealkylation sites (N-methyl/N-ethyl adjacent to an activating group) is 1. The minimum absolute atomic E-state index is 0.0881. The third-order valence-electron chi connectivity index (χ3n) is 3.51. The molecule has 1 heterocycles. The van der Waals surface area contributed by atoms with Crippen LogP contribution in [0.15, 0.2) is 24.3 Å². The van der Waals surface area contributed by atoms with Gasteiger partial charge in [-0.3, -0.25) is 9.69 Å². The van der Waals surface area contributed by atoms with Crippen molar-refractivity contribution in [2.75, 3.05) is 31.6 Å². The Morgan fingerprint density at radius 3 is 2.67 bits per heavy atom. The molecule has 1 unspecified atom stereocenters. The lowest BCUT2D eigenvalue weighted by Crippen LogP contribution is -2.40. The van der Waals surface area contributed by atoms with Gasteiger partial charge in [-0.25, -0.2) is 0 Å². The van der Waals surface area contributed by atoms with E-state index in [1.54, 1.807) is 0 Å². The lowest BCUT2D eigenvalue weighted by molar-refractivity contribution is -0.121. The Balaban J connectivity index is 2.09. The molecule has 4 nitrogen and oxygen atoms in total. The third kappa shape index (κ3) is 2.54. The van der Waals surface area contributed by atoms with Crippen LogP contribution in [0.25, 0.3) is 0 Å². The van der Waals surface area contributed by atoms with E-state index >= 15 is 0 Å². The van der Waals surface area contributed by atoms with Crippen molar-refractivity contribution >= 4 is 11.6 Å². The molecule has 1 amide bonds. The summed E-state index contributed by atoms with van der Waals surface area (Å²) in [7, 11) is 1.89. The predicted molar refractivity (Wildman–Crippen MR) is 71.7 cm³/mol. The molecular formula is C14H20N2O2. The zero-order valence-electron chi connectivity index (χ0n) is 11.0. The topological polar surface area (TPSA) is 43.8 Å². The molecule has 1 fully saturated rings. The number of rotatable bonds is 4. The van der Waals surface area contributed by atoms with Crippen LogP contribution in [0.4, 0.5) is 5.69 Å². The summed E-state index contributed by atoms with van der Waals surface area (Å²) in [4.78, 5) is 16.1. The Bertz CT molecular complexity index is 416. The van der Waals surface area contributed by atoms with Crippen molar-refractivity contribution < 1.29 is 9.90 Å². The van der Waals surface area contributed by atoms with Gasteiger partial charge in [0.2, 0.25) is 5.91 Å². The highest BCUT2D eigenvalue weighted by molar-refractivity contribution is 5.99. The lowest BCUT2D eigenvalue weighted by atomic mass is 10.2. The fraction of sp³-hybridized carbons (Fsp3) is 0.500. The van der Waals surface area contributed by atoms with Crippen molar-refractivity contribution in [1.29, 1.82) is 0 Å². The van der Waals surface area contributed by atoms with Crippen LogP contribution in [0.1, 0.15) is 12.0 Å². The maximum absolute atomic E-state index is 12.3. The maximum atomic E-state index is 12.3. The highest BCUT2D eigenvalue weighted by atomic mass is 16.3. The summed E-state index contributed by atoms with van der Waals surface area (Å²) in [6, 6.07) is 7.92. The first kappa shape index (κ1) is 13.1. The van der Waals surface area contributed by atoms with Gasteiger partial charge in [-0.2, -0.15) is 0 Å². The van der Waals surface area contributed by atoms with Crippen molar-refractivity contribution in [1.82, 2.24) is 4.90 Å². The molecule has 1 aromatic rings. The van der Waals surface area contributed by atoms with Gasteiger partial charge in [0.05, 0.1) is 12.6 Å². The highest BCUT2D eigenvalue weighted by Gasteiger charge is 2.34. The molecule has 0 aliphatic carbocycles. The van der Waals surface area contributed by atoms with Crippen molar-refractivity contribution in [3.63, 3.8) is 0 Å². The molecule has 18 heavy (non-hydrogen) atoms. The average molecular weight is 248 g/mol. The Morgan fingerprint density at radius 2 is 2.06 bits per heavy atom. The maximum Gasteiger partial charge on any atom is 0.244 e. The molecule has 98 valence electrons. The number of amides is 1. The van der Waals surface area contributed by atoms with E-state index in [-0.39, 0.29) is 18.6 Å². The van der Waals surface area contributed by atoms with Crippen molar-refractivity contribution in [3.8, 4) is 0 Å². The van der Waals surface area contributed by atoms with E-state index in [2.05, 4.69) is 0 Å². The van der Waals surface area contributed by atoms with Gasteiger partial charge in [-0.1, -0.05) is 17.7 Å². The number of hydrogen-bond acceptors (Lipinski definition) is 3. The molecule has 4 heteroatoms. The minimum Gasteiger partial charge on any atom is -0.395 e. The molecule has 1 N–H and O–H groups in total. The van der Waals surface area contributed by atoms with Gasteiger partial charge in [-0.05, 0) is 32.5 Å². The first-order valence-electron chi connectivity index (χ1n) is 6.32. The van der Waals surface area contributed by atoms with Crippen LogP contribution in [-0.2, 0) is 4.79 Å². The normalized spacial score (nSPS) is 19.9. The highest BCUT2D eigenvalue weighted by Crippen LogP contribution is 2.24. The molecule has 1 saturated heterocycles. The second kappa shape index (κ2) is 5.50. The summed E-state index contributed by atoms with van der Waals surface area (Å²) in [5.41, 5.74) is 2.16. The zero-order chi connectivity index (χ0) is 13.1. The number of carbonyl (C=O) groups excluding carboxylic acids is 1. The number of aliphatic hydroxyl groups is 1. The summed E-state index contributed by atoms with van der Waals surface area (Å²) >= 11 is 0. The second-order valence-corrected chi connectivity index (χ2v) is 4.83. The zero-order valence-corrected chi connectivity index (χ0v) is 11.0. The predicted octanol–water partition coefficient (Wildman–Crippen LogP) is 1.02. The van der Waals surface area contributed by atoms with E-state index in [4.69, 9.17) is 5.11 Å². The van der Waals surface area contributed by atoms with E-state index in [1.807, 2.05) is 48.0 Å². The third-order valence-corrected chi connectivity index (χ3v) is 3.51. The number of aryl methyl sites for hydroxylation is 1. The van der Waals surface area contributed by atoms with Crippen LogP contribution in [0.3, 0.4) is 0 Å². The van der Waals surface area contributed by atoms with Crippen molar-refractivity contribution in [2.24, 2.45) is 0 Å². The van der Waals surface area contributed by atoms with Crippen molar-refractivity contribution in [3.05, 3.63) is 29.8 Å². The molecule has 1 aromatic carbocycles. The smallest absolute Gasteiger partial charge is 0.244 e. The molecule has 2 rings (SSSR count). The van der Waals surface area contributed by atoms with Gasteiger partial charge in [0, 0.05) is 18.8 Å². The first-order chi connectivity index (χ1) is 8.63. The van der Waals surface area contributed by atoms with E-state index < -0.39 is 0 Å². The Kier molecular flexibility index (Phi) is 3.99. The summed E-state index contributed by atoms with van der Waals surface area (Å²) in [5.74, 6) is 0.134. The molecule has 1 aliphatic rings. The van der Waals surface area contributed by atoms with Crippen LogP contribution in [0.5, 0.6) is 0 Å². The largest absolute Gasteiger partial charge is 0.395 e. The summed E-state index contributed by atoms with van der Waals surface area (Å²) < 4.78 is 0. The average Bonchev–Trinajstić information content (AvgIpc) is 2.73. The molecule has 1 aliphatic heterocycles. The molecule has 1 atom stereocenters. The van der Waals surface area contributed by atoms with Crippen LogP contribution in [0.2, 0.25) is 0 Å². The monoisotopic (exact) mass is 248 g/mol. The van der Waals surface area contributed by atoms with E-state index in [0.29, 0.717) is 6.54 Å². The lowest BCUT2D eigenvalue weighted by Gasteiger charge is -2.23. The second-order valence-electron chi connectivity index (χ2n) is 4.83. The van der Waals surface area contributed by atoms with Gasteiger partial charge < -0.3 is 10.0 Å². The van der Waals surface area contributed by atoms with E-state index in [9.17, 15) is 4.79 Å². The van der Waals surface area contributed by atoms with Crippen LogP contribution >= 0.6 is 0 Å². The van der Waals surface area contributed by atoms with Crippen LogP contribution < -0.4 is 4.90 Å². The summed E-state index contributed by atoms with van der Waals surface area (Å²) in [6.45, 7) is 3.42. The fourth-order valence-electron chi connectivity index (χ4n) is 2.37. The van der Waals surface area contributed by atoms with Gasteiger partial charge in [0.25, 0.3) is 0 Å². The molecule has 0 radical (unpaired) electrons. The van der Waals surface area contributed by atoms with Gasteiger partial charge in [-0.15, -0.1) is 0 Å². The van der Waals surface area contributed by atoms with Crippen LogP contribution in [-0.4, -0.2) is 48.7 Å². The molecular weight excluding hydrogens is 228 g/mol. The fourth-order valence-corrected chi connectivity index (χ4v) is 2.37. The van der Waals surface area contributed by atoms with E-state index in [0.717, 1.165) is 18.7 Å². The molecule has 0 spiro atoms. The van der Waals surface area contributed by atoms with Gasteiger partial charge in [0.1, 0.15) is 0 Å². The quantitative estimate of drug-likeness (QED) is 0.865. The summed E-state index contributed by atoms with van der Waals surface area (Å²) in [5, 5.41) is 8.93. The molecule has 0 aromatic heterocycles. The SMILES string of the molecule is Cc1ccc(N2CCC(N(C)CCO)C2=O)cc1. The number of carbonyl (C=O) groups is 1. The number of nitrogens with zero attached hydrogens (tertiary/aromatic N) is 2. The number of benzene rings is 1. The summed E-state index contributed by atoms with van der Waals surface area (Å²) in [6.07, 6.45) is 0.823. The number of hydrogen-bond donors (Lipinski definition) is 1. The standard InChI is InChI=1S/C14H20N2O2/c1-11-3-5-12(6-4-11)16-8-7-13(14(16)18)15(2)9-10-17/h3-6,13,17H,7-10H2,1-2H3. The number of anilines is 1. The Labute approximate surface area is 108 Å². The first-order valence-corrected chi connectivity index (χ1v) is 6.32. The van der Waals surface area contributed by atoms with Gasteiger partial charge >= 0.3 is 0 Å².